The molecule has 11 heteroatoms. The smallest absolute Gasteiger partial charge is 0.345 e. The molecule has 1 aliphatic rings. The molecule has 1 fully saturated rings. The molecule has 2 aromatic carbocycles. The largest absolute Gasteiger partial charge is 0.493 e. The van der Waals surface area contributed by atoms with Gasteiger partial charge in [-0.15, -0.1) is 0 Å². The number of alkyl halides is 2. The Kier molecular flexibility index (Phi) is 7.91. The SMILES string of the molecule is COc1cc2ncnc(Nc3ccc(F)c(Cl)c3)c2cc1OCCCN1CC[C@H](OC(F)F)C1. The van der Waals surface area contributed by atoms with E-state index in [2.05, 4.69) is 24.9 Å². The van der Waals surface area contributed by atoms with Gasteiger partial charge in [0.15, 0.2) is 11.5 Å². The van der Waals surface area contributed by atoms with Crippen molar-refractivity contribution in [3.8, 4) is 11.5 Å². The molecule has 7 nitrogen and oxygen atoms in total. The van der Waals surface area contributed by atoms with Crippen LogP contribution in [0.3, 0.4) is 0 Å². The summed E-state index contributed by atoms with van der Waals surface area (Å²) >= 11 is 5.88. The summed E-state index contributed by atoms with van der Waals surface area (Å²) in [5.74, 6) is 1.03. The van der Waals surface area contributed by atoms with E-state index in [1.54, 1.807) is 25.3 Å². The van der Waals surface area contributed by atoms with E-state index in [0.29, 0.717) is 66.4 Å². The van der Waals surface area contributed by atoms with E-state index in [0.717, 1.165) is 6.54 Å². The Morgan fingerprint density at radius 2 is 2.06 bits per heavy atom. The second-order valence-electron chi connectivity index (χ2n) is 7.81. The van der Waals surface area contributed by atoms with Crippen LogP contribution in [0.4, 0.5) is 24.7 Å². The first-order valence-electron chi connectivity index (χ1n) is 10.8. The standard InChI is InChI=1S/C23H24ClF3N4O3/c1-32-20-11-19-16(22(29-13-28-19)30-14-3-4-18(25)17(24)9-14)10-21(20)33-8-2-6-31-7-5-15(12-31)34-23(26)27/h3-4,9-11,13,15,23H,2,5-8,12H2,1H3,(H,28,29,30)/t15-/m0/s1. The lowest BCUT2D eigenvalue weighted by molar-refractivity contribution is -0.158. The maximum Gasteiger partial charge on any atom is 0.345 e. The van der Waals surface area contributed by atoms with Crippen molar-refractivity contribution in [1.29, 1.82) is 0 Å². The Bertz CT molecular complexity index is 1140. The van der Waals surface area contributed by atoms with Crippen molar-refractivity contribution >= 4 is 34.0 Å². The van der Waals surface area contributed by atoms with Crippen molar-refractivity contribution in [3.63, 3.8) is 0 Å². The maximum absolute atomic E-state index is 13.5. The van der Waals surface area contributed by atoms with Crippen molar-refractivity contribution < 1.29 is 27.4 Å². The van der Waals surface area contributed by atoms with E-state index in [1.165, 1.54) is 18.5 Å². The van der Waals surface area contributed by atoms with Gasteiger partial charge in [-0.25, -0.2) is 14.4 Å². The number of nitrogens with one attached hydrogen (secondary N) is 1. The van der Waals surface area contributed by atoms with Gasteiger partial charge in [0.25, 0.3) is 0 Å². The lowest BCUT2D eigenvalue weighted by atomic mass is 10.2. The fourth-order valence-electron chi connectivity index (χ4n) is 3.87. The van der Waals surface area contributed by atoms with E-state index in [4.69, 9.17) is 21.1 Å². The van der Waals surface area contributed by atoms with E-state index >= 15 is 0 Å². The summed E-state index contributed by atoms with van der Waals surface area (Å²) in [5.41, 5.74) is 1.21. The monoisotopic (exact) mass is 496 g/mol. The molecule has 0 bridgehead atoms. The molecule has 0 spiro atoms. The summed E-state index contributed by atoms with van der Waals surface area (Å²) in [6, 6.07) is 7.84. The number of nitrogens with zero attached hydrogens (tertiary/aromatic N) is 3. The molecule has 1 aliphatic heterocycles. The highest BCUT2D eigenvalue weighted by Gasteiger charge is 2.25. The quantitative estimate of drug-likeness (QED) is 0.384. The molecule has 1 aromatic heterocycles. The normalized spacial score (nSPS) is 16.4. The molecule has 0 unspecified atom stereocenters. The van der Waals surface area contributed by atoms with Crippen LogP contribution in [0.5, 0.6) is 11.5 Å². The average Bonchev–Trinajstić information content (AvgIpc) is 3.25. The number of aromatic nitrogens is 2. The van der Waals surface area contributed by atoms with Crippen molar-refractivity contribution in [2.45, 2.75) is 25.6 Å². The summed E-state index contributed by atoms with van der Waals surface area (Å²) in [6.07, 6.45) is 2.28. The Morgan fingerprint density at radius 3 is 2.82 bits per heavy atom. The minimum absolute atomic E-state index is 0.000792. The number of ether oxygens (including phenoxy) is 3. The van der Waals surface area contributed by atoms with Crippen LogP contribution in [0.2, 0.25) is 5.02 Å². The molecule has 2 heterocycles. The molecule has 1 saturated heterocycles. The van der Waals surface area contributed by atoms with Gasteiger partial charge in [0.1, 0.15) is 18.0 Å². The van der Waals surface area contributed by atoms with Crippen LogP contribution >= 0.6 is 11.6 Å². The van der Waals surface area contributed by atoms with Gasteiger partial charge in [0, 0.05) is 36.8 Å². The zero-order valence-electron chi connectivity index (χ0n) is 18.4. The van der Waals surface area contributed by atoms with Crippen LogP contribution < -0.4 is 14.8 Å². The number of methoxy groups -OCH3 is 1. The number of rotatable bonds is 10. The number of halogens is 4. The Balaban J connectivity index is 1.42. The van der Waals surface area contributed by atoms with Gasteiger partial charge in [-0.2, -0.15) is 8.78 Å². The highest BCUT2D eigenvalue weighted by atomic mass is 35.5. The zero-order chi connectivity index (χ0) is 24.1. The first kappa shape index (κ1) is 24.3. The second-order valence-corrected chi connectivity index (χ2v) is 8.21. The Hall–Kier alpha value is -2.82. The molecule has 1 atom stereocenters. The summed E-state index contributed by atoms with van der Waals surface area (Å²) in [7, 11) is 1.54. The predicted molar refractivity (Wildman–Crippen MR) is 123 cm³/mol. The number of hydrogen-bond acceptors (Lipinski definition) is 7. The Labute approximate surface area is 199 Å². The van der Waals surface area contributed by atoms with Gasteiger partial charge in [-0.1, -0.05) is 11.6 Å². The molecule has 0 amide bonds. The molecular weight excluding hydrogens is 473 g/mol. The van der Waals surface area contributed by atoms with Crippen molar-refractivity contribution in [1.82, 2.24) is 14.9 Å². The van der Waals surface area contributed by atoms with Crippen LogP contribution in [0.25, 0.3) is 10.9 Å². The second kappa shape index (κ2) is 11.1. The van der Waals surface area contributed by atoms with E-state index < -0.39 is 18.5 Å². The van der Waals surface area contributed by atoms with Crippen LogP contribution in [-0.4, -0.2) is 60.9 Å². The summed E-state index contributed by atoms with van der Waals surface area (Å²) < 4.78 is 54.2. The van der Waals surface area contributed by atoms with E-state index in [-0.39, 0.29) is 5.02 Å². The molecule has 1 N–H and O–H groups in total. The lowest BCUT2D eigenvalue weighted by Crippen LogP contribution is -2.26. The maximum atomic E-state index is 13.5. The van der Waals surface area contributed by atoms with Crippen LogP contribution in [0, 0.1) is 5.82 Å². The minimum atomic E-state index is -2.74. The third-order valence-electron chi connectivity index (χ3n) is 5.50. The van der Waals surface area contributed by atoms with Crippen molar-refractivity contribution in [2.24, 2.45) is 0 Å². The summed E-state index contributed by atoms with van der Waals surface area (Å²) in [5, 5.41) is 3.82. The number of benzene rings is 2. The van der Waals surface area contributed by atoms with E-state index in [9.17, 15) is 13.2 Å². The van der Waals surface area contributed by atoms with Crippen LogP contribution in [0.1, 0.15) is 12.8 Å². The first-order chi connectivity index (χ1) is 16.4. The molecule has 0 saturated carbocycles. The summed E-state index contributed by atoms with van der Waals surface area (Å²) in [4.78, 5) is 10.7. The fourth-order valence-corrected chi connectivity index (χ4v) is 4.05. The third kappa shape index (κ3) is 5.99. The fraction of sp³-hybridized carbons (Fsp3) is 0.391. The highest BCUT2D eigenvalue weighted by Crippen LogP contribution is 2.35. The topological polar surface area (TPSA) is 68.7 Å². The molecule has 3 aromatic rings. The van der Waals surface area contributed by atoms with Crippen molar-refractivity contribution in [2.75, 3.05) is 38.7 Å². The van der Waals surface area contributed by atoms with Crippen molar-refractivity contribution in [3.05, 3.63) is 47.5 Å². The van der Waals surface area contributed by atoms with Gasteiger partial charge >= 0.3 is 6.61 Å². The number of hydrogen-bond donors (Lipinski definition) is 1. The first-order valence-corrected chi connectivity index (χ1v) is 11.1. The van der Waals surface area contributed by atoms with Gasteiger partial charge in [0.05, 0.1) is 30.4 Å². The van der Waals surface area contributed by atoms with Gasteiger partial charge < -0.3 is 24.4 Å². The number of likely N-dealkylation sites (tertiary alicyclic amines) is 1. The Morgan fingerprint density at radius 1 is 1.21 bits per heavy atom. The molecule has 0 radical (unpaired) electrons. The molecule has 34 heavy (non-hydrogen) atoms. The number of fused-ring (bicyclic) bond motifs is 1. The minimum Gasteiger partial charge on any atom is -0.493 e. The zero-order valence-corrected chi connectivity index (χ0v) is 19.2. The summed E-state index contributed by atoms with van der Waals surface area (Å²) in [6.45, 7) is -0.417. The van der Waals surface area contributed by atoms with Crippen LogP contribution in [0.15, 0.2) is 36.7 Å². The molecule has 182 valence electrons. The van der Waals surface area contributed by atoms with Gasteiger partial charge in [0.2, 0.25) is 0 Å². The molecule has 4 rings (SSSR count). The highest BCUT2D eigenvalue weighted by molar-refractivity contribution is 6.31. The molecular formula is C23H24ClF3N4O3. The predicted octanol–water partition coefficient (Wildman–Crippen LogP) is 5.26. The number of anilines is 2. The third-order valence-corrected chi connectivity index (χ3v) is 5.79. The van der Waals surface area contributed by atoms with E-state index in [1.807, 2.05) is 0 Å². The van der Waals surface area contributed by atoms with Gasteiger partial charge in [-0.05, 0) is 37.1 Å². The van der Waals surface area contributed by atoms with Gasteiger partial charge in [-0.3, -0.25) is 0 Å². The lowest BCUT2D eigenvalue weighted by Gasteiger charge is -2.17. The average molecular weight is 497 g/mol. The molecule has 0 aliphatic carbocycles. The van der Waals surface area contributed by atoms with Crippen LogP contribution in [-0.2, 0) is 4.74 Å².